The molecule has 3 heteroatoms. The minimum absolute atomic E-state index is 0.106. The summed E-state index contributed by atoms with van der Waals surface area (Å²) in [5.41, 5.74) is 1.28. The van der Waals surface area contributed by atoms with Gasteiger partial charge in [-0.1, -0.05) is 94.3 Å². The monoisotopic (exact) mass is 378 g/mol. The lowest BCUT2D eigenvalue weighted by Gasteiger charge is -2.06. The highest BCUT2D eigenvalue weighted by Gasteiger charge is 2.16. The molecule has 1 aromatic heterocycles. The van der Waals surface area contributed by atoms with E-state index < -0.39 is 0 Å². The summed E-state index contributed by atoms with van der Waals surface area (Å²) in [7, 11) is 0. The van der Waals surface area contributed by atoms with Crippen LogP contribution < -0.4 is 4.74 Å². The molecule has 0 amide bonds. The molecule has 0 unspecified atom stereocenters. The summed E-state index contributed by atoms with van der Waals surface area (Å²) >= 11 is 0. The second-order valence-electron chi connectivity index (χ2n) is 7.30. The van der Waals surface area contributed by atoms with Crippen LogP contribution in [-0.2, 0) is 0 Å². The van der Waals surface area contributed by atoms with Crippen LogP contribution in [0, 0.1) is 0 Å². The number of fused-ring (bicyclic) bond motifs is 1. The zero-order chi connectivity index (χ0) is 19.6. The van der Waals surface area contributed by atoms with Crippen molar-refractivity contribution in [3.63, 3.8) is 0 Å². The summed E-state index contributed by atoms with van der Waals surface area (Å²) in [5.74, 6) is 0.961. The van der Waals surface area contributed by atoms with E-state index in [-0.39, 0.29) is 5.78 Å². The Bertz CT molecular complexity index is 864. The fourth-order valence-electron chi connectivity index (χ4n) is 3.41. The van der Waals surface area contributed by atoms with E-state index >= 15 is 0 Å². The van der Waals surface area contributed by atoms with Gasteiger partial charge in [0.1, 0.15) is 0 Å². The molecule has 0 N–H and O–H groups in total. The predicted octanol–water partition coefficient (Wildman–Crippen LogP) is 7.18. The van der Waals surface area contributed by atoms with Gasteiger partial charge in [-0.3, -0.25) is 4.79 Å². The molecule has 0 spiro atoms. The second kappa shape index (κ2) is 10.7. The first-order chi connectivity index (χ1) is 13.8. The van der Waals surface area contributed by atoms with Crippen molar-refractivity contribution in [3.05, 3.63) is 65.9 Å². The number of para-hydroxylation sites is 1. The number of unbranched alkanes of at least 4 members (excludes halogenated alkanes) is 7. The first kappa shape index (κ1) is 20.2. The highest BCUT2D eigenvalue weighted by Crippen LogP contribution is 2.30. The molecule has 0 aliphatic heterocycles. The Morgan fingerprint density at radius 1 is 0.857 bits per heavy atom. The number of ether oxygens (including phenoxy) is 1. The van der Waals surface area contributed by atoms with Crippen LogP contribution in [0.2, 0.25) is 0 Å². The Morgan fingerprint density at radius 2 is 1.57 bits per heavy atom. The molecule has 0 aliphatic rings. The highest BCUT2D eigenvalue weighted by atomic mass is 16.5. The minimum atomic E-state index is -0.106. The first-order valence-corrected chi connectivity index (χ1v) is 10.5. The zero-order valence-corrected chi connectivity index (χ0v) is 16.8. The van der Waals surface area contributed by atoms with Crippen LogP contribution in [0.5, 0.6) is 5.75 Å². The van der Waals surface area contributed by atoms with Gasteiger partial charge in [-0.25, -0.2) is 0 Å². The largest absolute Gasteiger partial charge is 0.490 e. The maximum Gasteiger partial charge on any atom is 0.228 e. The number of ketones is 1. The molecule has 0 saturated carbocycles. The van der Waals surface area contributed by atoms with Crippen LogP contribution >= 0.6 is 0 Å². The summed E-state index contributed by atoms with van der Waals surface area (Å²) in [6.07, 6.45) is 10.2. The summed E-state index contributed by atoms with van der Waals surface area (Å²) in [6.45, 7) is 2.92. The number of furan rings is 1. The van der Waals surface area contributed by atoms with Gasteiger partial charge in [0.05, 0.1) is 6.61 Å². The topological polar surface area (TPSA) is 39.4 Å². The summed E-state index contributed by atoms with van der Waals surface area (Å²) < 4.78 is 11.8. The smallest absolute Gasteiger partial charge is 0.228 e. The zero-order valence-electron chi connectivity index (χ0n) is 16.8. The van der Waals surface area contributed by atoms with E-state index in [1.165, 1.54) is 44.9 Å². The number of carbonyl (C=O) groups is 1. The third-order valence-corrected chi connectivity index (χ3v) is 5.02. The van der Waals surface area contributed by atoms with E-state index in [1.54, 1.807) is 18.2 Å². The minimum Gasteiger partial charge on any atom is -0.490 e. The lowest BCUT2D eigenvalue weighted by Crippen LogP contribution is -1.98. The predicted molar refractivity (Wildman–Crippen MR) is 114 cm³/mol. The van der Waals surface area contributed by atoms with Gasteiger partial charge in [0.15, 0.2) is 17.1 Å². The maximum atomic E-state index is 12.6. The fraction of sp³-hybridized carbons (Fsp3) is 0.400. The Kier molecular flexibility index (Phi) is 7.71. The average Bonchev–Trinajstić information content (AvgIpc) is 3.18. The summed E-state index contributed by atoms with van der Waals surface area (Å²) in [5, 5.41) is 0.896. The molecule has 28 heavy (non-hydrogen) atoms. The third kappa shape index (κ3) is 5.48. The van der Waals surface area contributed by atoms with Crippen LogP contribution in [0.1, 0.15) is 74.4 Å². The highest BCUT2D eigenvalue weighted by molar-refractivity contribution is 6.09. The molecule has 0 aliphatic carbocycles. The lowest BCUT2D eigenvalue weighted by atomic mass is 10.1. The van der Waals surface area contributed by atoms with Crippen LogP contribution in [-0.4, -0.2) is 12.4 Å². The summed E-state index contributed by atoms with van der Waals surface area (Å²) in [6, 6.07) is 16.8. The molecule has 3 nitrogen and oxygen atoms in total. The van der Waals surface area contributed by atoms with Gasteiger partial charge in [0, 0.05) is 10.9 Å². The molecule has 148 valence electrons. The SMILES string of the molecule is CCCCCCCCCCOc1cccc2cc(C(=O)c3ccccc3)oc12. The van der Waals surface area contributed by atoms with Crippen molar-refractivity contribution in [3.8, 4) is 5.75 Å². The molecule has 3 rings (SSSR count). The molecular weight excluding hydrogens is 348 g/mol. The van der Waals surface area contributed by atoms with Gasteiger partial charge >= 0.3 is 0 Å². The Hall–Kier alpha value is -2.55. The lowest BCUT2D eigenvalue weighted by molar-refractivity contribution is 0.101. The quantitative estimate of drug-likeness (QED) is 0.247. The number of benzene rings is 2. The number of rotatable bonds is 12. The molecule has 2 aromatic carbocycles. The van der Waals surface area contributed by atoms with Gasteiger partial charge < -0.3 is 9.15 Å². The Labute approximate surface area is 167 Å². The Balaban J connectivity index is 1.53. The molecule has 0 radical (unpaired) electrons. The van der Waals surface area contributed by atoms with Crippen LogP contribution in [0.3, 0.4) is 0 Å². The van der Waals surface area contributed by atoms with Gasteiger partial charge in [-0.15, -0.1) is 0 Å². The molecule has 0 saturated heterocycles. The number of hydrogen-bond acceptors (Lipinski definition) is 3. The van der Waals surface area contributed by atoms with Crippen LogP contribution in [0.4, 0.5) is 0 Å². The summed E-state index contributed by atoms with van der Waals surface area (Å²) in [4.78, 5) is 12.6. The second-order valence-corrected chi connectivity index (χ2v) is 7.30. The van der Waals surface area contributed by atoms with Gasteiger partial charge in [0.2, 0.25) is 5.78 Å². The first-order valence-electron chi connectivity index (χ1n) is 10.5. The third-order valence-electron chi connectivity index (χ3n) is 5.02. The van der Waals surface area contributed by atoms with Crippen molar-refractivity contribution in [2.24, 2.45) is 0 Å². The average molecular weight is 379 g/mol. The van der Waals surface area contributed by atoms with Crippen LogP contribution in [0.15, 0.2) is 59.0 Å². The van der Waals surface area contributed by atoms with E-state index in [0.717, 1.165) is 11.8 Å². The van der Waals surface area contributed by atoms with E-state index in [9.17, 15) is 4.79 Å². The van der Waals surface area contributed by atoms with Gasteiger partial charge in [-0.05, 0) is 18.6 Å². The maximum absolute atomic E-state index is 12.6. The van der Waals surface area contributed by atoms with Gasteiger partial charge in [-0.2, -0.15) is 0 Å². The fourth-order valence-corrected chi connectivity index (χ4v) is 3.41. The van der Waals surface area contributed by atoms with E-state index in [2.05, 4.69) is 6.92 Å². The Morgan fingerprint density at radius 3 is 2.32 bits per heavy atom. The van der Waals surface area contributed by atoms with Crippen molar-refractivity contribution >= 4 is 16.8 Å². The van der Waals surface area contributed by atoms with Crippen LogP contribution in [0.25, 0.3) is 11.0 Å². The van der Waals surface area contributed by atoms with E-state index in [4.69, 9.17) is 9.15 Å². The van der Waals surface area contributed by atoms with Crippen molar-refractivity contribution < 1.29 is 13.9 Å². The normalized spacial score (nSPS) is 11.0. The van der Waals surface area contributed by atoms with Crippen molar-refractivity contribution in [2.45, 2.75) is 58.3 Å². The number of carbonyl (C=O) groups excluding carboxylic acids is 1. The molecule has 0 fully saturated rings. The standard InChI is InChI=1S/C25H30O3/c1-2-3-4-5-6-7-8-12-18-27-22-17-13-16-21-19-23(28-25(21)22)24(26)20-14-10-9-11-15-20/h9-11,13-17,19H,2-8,12,18H2,1H3. The van der Waals surface area contributed by atoms with Crippen molar-refractivity contribution in [1.29, 1.82) is 0 Å². The number of hydrogen-bond donors (Lipinski definition) is 0. The van der Waals surface area contributed by atoms with E-state index in [1.807, 2.05) is 36.4 Å². The molecule has 1 heterocycles. The van der Waals surface area contributed by atoms with Gasteiger partial charge in [0.25, 0.3) is 0 Å². The van der Waals surface area contributed by atoms with Crippen molar-refractivity contribution in [2.75, 3.05) is 6.61 Å². The van der Waals surface area contributed by atoms with E-state index in [0.29, 0.717) is 29.3 Å². The molecule has 0 bridgehead atoms. The molecular formula is C25H30O3. The van der Waals surface area contributed by atoms with Crippen molar-refractivity contribution in [1.82, 2.24) is 0 Å². The molecule has 0 atom stereocenters. The molecule has 3 aromatic rings.